The maximum atomic E-state index is 3.27. The fourth-order valence-corrected chi connectivity index (χ4v) is 2.83. The van der Waals surface area contributed by atoms with Crippen molar-refractivity contribution in [2.24, 2.45) is 0 Å². The van der Waals surface area contributed by atoms with Crippen molar-refractivity contribution < 1.29 is 0 Å². The molecule has 0 unspecified atom stereocenters. The molecule has 2 rings (SSSR count). The quantitative estimate of drug-likeness (QED) is 0.317. The third-order valence-electron chi connectivity index (χ3n) is 3.95. The van der Waals surface area contributed by atoms with Crippen LogP contribution in [0, 0.1) is 13.3 Å². The van der Waals surface area contributed by atoms with Crippen LogP contribution in [0.2, 0.25) is 0 Å². The molecule has 0 spiro atoms. The van der Waals surface area contributed by atoms with E-state index in [9.17, 15) is 0 Å². The van der Waals surface area contributed by atoms with Gasteiger partial charge in [0.2, 0.25) is 0 Å². The summed E-state index contributed by atoms with van der Waals surface area (Å²) in [5, 5.41) is 6.54. The maximum Gasteiger partial charge on any atom is 0.155 e. The summed E-state index contributed by atoms with van der Waals surface area (Å²) < 4.78 is 0. The van der Waals surface area contributed by atoms with Crippen molar-refractivity contribution in [1.29, 1.82) is 0 Å². The van der Waals surface area contributed by atoms with Crippen LogP contribution in [-0.4, -0.2) is 12.1 Å². The Morgan fingerprint density at radius 3 is 1.33 bits per heavy atom. The zero-order valence-electron chi connectivity index (χ0n) is 11.2. The predicted octanol–water partition coefficient (Wildman–Crippen LogP) is 1.92. The van der Waals surface area contributed by atoms with E-state index in [-0.39, 0.29) is 0 Å². The Morgan fingerprint density at radius 2 is 0.944 bits per heavy atom. The summed E-state index contributed by atoms with van der Waals surface area (Å²) in [7, 11) is 0. The summed E-state index contributed by atoms with van der Waals surface area (Å²) in [5.41, 5.74) is 5.78. The van der Waals surface area contributed by atoms with E-state index in [1.807, 2.05) is 0 Å². The van der Waals surface area contributed by atoms with Gasteiger partial charge >= 0.3 is 0 Å². The van der Waals surface area contributed by atoms with Gasteiger partial charge in [-0.3, -0.25) is 10.6 Å². The molecule has 102 valence electrons. The minimum absolute atomic E-state index is 0.597. The van der Waals surface area contributed by atoms with Gasteiger partial charge in [-0.15, -0.1) is 0 Å². The first-order chi connectivity index (χ1) is 8.95. The Labute approximate surface area is 112 Å². The summed E-state index contributed by atoms with van der Waals surface area (Å²) >= 11 is 0. The van der Waals surface area contributed by atoms with Crippen LogP contribution < -0.4 is 21.5 Å². The van der Waals surface area contributed by atoms with Gasteiger partial charge in [0.25, 0.3) is 0 Å². The average Bonchev–Trinajstić information content (AvgIpc) is 2.45. The van der Waals surface area contributed by atoms with Crippen molar-refractivity contribution in [2.45, 2.75) is 76.3 Å². The van der Waals surface area contributed by atoms with Crippen molar-refractivity contribution in [3.05, 3.63) is 13.3 Å². The first-order valence-electron chi connectivity index (χ1n) is 7.46. The van der Waals surface area contributed by atoms with E-state index < -0.39 is 0 Å². The van der Waals surface area contributed by atoms with E-state index >= 15 is 0 Å². The molecule has 0 amide bonds. The van der Waals surface area contributed by atoms with Gasteiger partial charge < -0.3 is 0 Å². The van der Waals surface area contributed by atoms with Gasteiger partial charge in [0, 0.05) is 12.1 Å². The van der Waals surface area contributed by atoms with Crippen LogP contribution in [0.3, 0.4) is 0 Å². The van der Waals surface area contributed by atoms with E-state index in [0.29, 0.717) is 12.1 Å². The van der Waals surface area contributed by atoms with Gasteiger partial charge in [-0.1, -0.05) is 38.5 Å². The van der Waals surface area contributed by atoms with Gasteiger partial charge in [-0.25, -0.2) is 10.9 Å². The lowest BCUT2D eigenvalue weighted by Gasteiger charge is -2.23. The molecule has 2 aliphatic rings. The molecule has 4 heteroatoms. The zero-order chi connectivity index (χ0) is 12.5. The number of hydrazine groups is 1. The van der Waals surface area contributed by atoms with E-state index in [1.54, 1.807) is 0 Å². The fourth-order valence-electron chi connectivity index (χ4n) is 2.83. The van der Waals surface area contributed by atoms with Gasteiger partial charge in [-0.2, -0.15) is 0 Å². The van der Waals surface area contributed by atoms with Crippen LogP contribution >= 0.6 is 0 Å². The molecule has 2 saturated carbocycles. The van der Waals surface area contributed by atoms with Crippen molar-refractivity contribution in [3.63, 3.8) is 0 Å². The SMILES string of the molecule is [C](NN[C]NC1CCCCC1)NC1CCCCC1. The summed E-state index contributed by atoms with van der Waals surface area (Å²) in [6, 6.07) is 1.19. The largest absolute Gasteiger partial charge is 0.290 e. The second-order valence-electron chi connectivity index (χ2n) is 5.46. The van der Waals surface area contributed by atoms with Crippen LogP contribution in [-0.2, 0) is 0 Å². The Bertz CT molecular complexity index is 176. The minimum atomic E-state index is 0.597. The first kappa shape index (κ1) is 14.3. The maximum absolute atomic E-state index is 3.27. The smallest absolute Gasteiger partial charge is 0.155 e. The molecule has 18 heavy (non-hydrogen) atoms. The Hall–Kier alpha value is -0.160. The van der Waals surface area contributed by atoms with Crippen LogP contribution in [0.5, 0.6) is 0 Å². The highest BCUT2D eigenvalue weighted by atomic mass is 15.4. The molecule has 4 N–H and O–H groups in total. The molecule has 0 aliphatic heterocycles. The Balaban J connectivity index is 1.39. The zero-order valence-corrected chi connectivity index (χ0v) is 11.2. The number of nitrogens with one attached hydrogen (secondary N) is 4. The minimum Gasteiger partial charge on any atom is -0.290 e. The molecule has 2 fully saturated rings. The van der Waals surface area contributed by atoms with Gasteiger partial charge in [-0.05, 0) is 25.7 Å². The molecule has 0 aromatic rings. The molecular formula is C14H26N4. The van der Waals surface area contributed by atoms with E-state index in [1.165, 1.54) is 64.2 Å². The molecule has 0 heterocycles. The van der Waals surface area contributed by atoms with E-state index in [0.717, 1.165) is 0 Å². The third-order valence-corrected chi connectivity index (χ3v) is 3.95. The molecule has 0 aromatic heterocycles. The molecule has 4 nitrogen and oxygen atoms in total. The second kappa shape index (κ2) is 8.86. The predicted molar refractivity (Wildman–Crippen MR) is 72.8 cm³/mol. The molecule has 0 saturated heterocycles. The summed E-state index contributed by atoms with van der Waals surface area (Å²) in [5.74, 6) is 0. The van der Waals surface area contributed by atoms with Crippen LogP contribution in [0.1, 0.15) is 64.2 Å². The monoisotopic (exact) mass is 250 g/mol. The van der Waals surface area contributed by atoms with Crippen molar-refractivity contribution in [1.82, 2.24) is 21.5 Å². The van der Waals surface area contributed by atoms with Crippen molar-refractivity contribution in [2.75, 3.05) is 0 Å². The highest BCUT2D eigenvalue weighted by Crippen LogP contribution is 2.17. The van der Waals surface area contributed by atoms with Gasteiger partial charge in [0.1, 0.15) is 0 Å². The molecule has 4 radical (unpaired) electrons. The average molecular weight is 250 g/mol. The first-order valence-corrected chi connectivity index (χ1v) is 7.46. The van der Waals surface area contributed by atoms with Crippen LogP contribution in [0.25, 0.3) is 0 Å². The highest BCUT2D eigenvalue weighted by molar-refractivity contribution is 4.76. The van der Waals surface area contributed by atoms with Crippen LogP contribution in [0.15, 0.2) is 0 Å². The lowest BCUT2D eigenvalue weighted by atomic mass is 9.96. The number of rotatable bonds is 7. The third kappa shape index (κ3) is 5.65. The number of hydrogen-bond donors (Lipinski definition) is 4. The van der Waals surface area contributed by atoms with Gasteiger partial charge in [0.15, 0.2) is 13.3 Å². The van der Waals surface area contributed by atoms with Crippen molar-refractivity contribution >= 4 is 0 Å². The lowest BCUT2D eigenvalue weighted by Crippen LogP contribution is -2.42. The molecular weight excluding hydrogens is 224 g/mol. The summed E-state index contributed by atoms with van der Waals surface area (Å²) in [6.45, 7) is 5.96. The Morgan fingerprint density at radius 1 is 0.556 bits per heavy atom. The lowest BCUT2D eigenvalue weighted by molar-refractivity contribution is 0.366. The van der Waals surface area contributed by atoms with Gasteiger partial charge in [0.05, 0.1) is 0 Å². The molecule has 0 bridgehead atoms. The standard InChI is InChI=1S/C14H26N4/c1-3-7-13(8-4-1)15-11-17-18-12-16-14-9-5-2-6-10-14/h13-18H,1-10H2. The van der Waals surface area contributed by atoms with E-state index in [2.05, 4.69) is 34.8 Å². The highest BCUT2D eigenvalue weighted by Gasteiger charge is 2.13. The summed E-state index contributed by atoms with van der Waals surface area (Å²) in [6.07, 6.45) is 13.2. The molecule has 0 aromatic carbocycles. The topological polar surface area (TPSA) is 48.1 Å². The molecule has 2 aliphatic carbocycles. The Kier molecular flexibility index (Phi) is 7.01. The van der Waals surface area contributed by atoms with Crippen LogP contribution in [0.4, 0.5) is 0 Å². The second-order valence-corrected chi connectivity index (χ2v) is 5.46. The fraction of sp³-hybridized carbons (Fsp3) is 0.857. The normalized spacial score (nSPS) is 23.3. The molecule has 0 atom stereocenters. The summed E-state index contributed by atoms with van der Waals surface area (Å²) in [4.78, 5) is 0. The number of hydrogen-bond acceptors (Lipinski definition) is 4. The van der Waals surface area contributed by atoms with E-state index in [4.69, 9.17) is 0 Å². The van der Waals surface area contributed by atoms with Crippen molar-refractivity contribution in [3.8, 4) is 0 Å².